The van der Waals surface area contributed by atoms with Crippen LogP contribution in [0.25, 0.3) is 0 Å². The van der Waals surface area contributed by atoms with Gasteiger partial charge >= 0.3 is 0 Å². The largest absolute Gasteiger partial charge is 0.314 e. The second-order valence-electron chi connectivity index (χ2n) is 3.12. The van der Waals surface area contributed by atoms with Crippen molar-refractivity contribution in [2.24, 2.45) is 0 Å². The van der Waals surface area contributed by atoms with Crippen LogP contribution in [0.15, 0.2) is 11.6 Å². The van der Waals surface area contributed by atoms with E-state index in [-0.39, 0.29) is 0 Å². The molecule has 0 amide bonds. The molecule has 1 aliphatic rings. The maximum atomic E-state index is 5.49. The summed E-state index contributed by atoms with van der Waals surface area (Å²) in [6.45, 7) is 6.58. The highest BCUT2D eigenvalue weighted by atomic mass is 35.5. The van der Waals surface area contributed by atoms with Gasteiger partial charge in [-0.2, -0.15) is 0 Å². The van der Waals surface area contributed by atoms with Gasteiger partial charge in [-0.15, -0.1) is 0 Å². The summed E-state index contributed by atoms with van der Waals surface area (Å²) in [4.78, 5) is 2.47. The maximum absolute atomic E-state index is 5.49. The lowest BCUT2D eigenvalue weighted by Gasteiger charge is -2.34. The lowest BCUT2D eigenvalue weighted by molar-refractivity contribution is 0.174. The topological polar surface area (TPSA) is 15.3 Å². The predicted octanol–water partition coefficient (Wildman–Crippen LogP) is 1.42. The van der Waals surface area contributed by atoms with E-state index in [4.69, 9.17) is 11.6 Å². The van der Waals surface area contributed by atoms with Crippen LogP contribution < -0.4 is 5.32 Å². The zero-order valence-electron chi connectivity index (χ0n) is 7.59. The molecular formula is C9H17ClN2. The minimum absolute atomic E-state index is 0.687. The van der Waals surface area contributed by atoms with Crippen LogP contribution in [0.4, 0.5) is 0 Å². The molecule has 1 atom stereocenters. The average Bonchev–Trinajstić information content (AvgIpc) is 2.15. The number of piperazine rings is 1. The number of hydrogen-bond donors (Lipinski definition) is 1. The van der Waals surface area contributed by atoms with Crippen molar-refractivity contribution in [1.82, 2.24) is 10.2 Å². The summed E-state index contributed by atoms with van der Waals surface area (Å²) >= 11 is 5.49. The second kappa shape index (κ2) is 5.57. The first-order valence-corrected chi connectivity index (χ1v) is 5.02. The summed E-state index contributed by atoms with van der Waals surface area (Å²) in [6, 6.07) is 0.687. The van der Waals surface area contributed by atoms with Crippen molar-refractivity contribution >= 4 is 11.6 Å². The minimum Gasteiger partial charge on any atom is -0.314 e. The van der Waals surface area contributed by atoms with Crippen LogP contribution in [0, 0.1) is 0 Å². The molecule has 1 saturated heterocycles. The highest BCUT2D eigenvalue weighted by Crippen LogP contribution is 2.06. The van der Waals surface area contributed by atoms with Crippen molar-refractivity contribution < 1.29 is 0 Å². The molecule has 1 heterocycles. The van der Waals surface area contributed by atoms with Crippen LogP contribution in [-0.2, 0) is 0 Å². The molecule has 0 radical (unpaired) electrons. The van der Waals surface area contributed by atoms with Crippen molar-refractivity contribution in [2.45, 2.75) is 19.4 Å². The summed E-state index contributed by atoms with van der Waals surface area (Å²) in [5, 5.41) is 3.39. The van der Waals surface area contributed by atoms with E-state index in [2.05, 4.69) is 17.1 Å². The van der Waals surface area contributed by atoms with Gasteiger partial charge in [-0.05, 0) is 6.42 Å². The van der Waals surface area contributed by atoms with Gasteiger partial charge in [-0.25, -0.2) is 0 Å². The SMILES string of the molecule is CCC1CNCCN1C/C=C/Cl. The van der Waals surface area contributed by atoms with Gasteiger partial charge in [0.05, 0.1) is 0 Å². The Morgan fingerprint density at radius 2 is 2.50 bits per heavy atom. The monoisotopic (exact) mass is 188 g/mol. The van der Waals surface area contributed by atoms with Gasteiger partial charge < -0.3 is 5.32 Å². The fraction of sp³-hybridized carbons (Fsp3) is 0.778. The molecule has 1 N–H and O–H groups in total. The molecule has 3 heteroatoms. The normalized spacial score (nSPS) is 26.7. The first kappa shape index (κ1) is 10.0. The fourth-order valence-corrected chi connectivity index (χ4v) is 1.70. The molecule has 0 aromatic rings. The Hall–Kier alpha value is -0.0500. The molecule has 12 heavy (non-hydrogen) atoms. The maximum Gasteiger partial charge on any atom is 0.0221 e. The molecule has 1 unspecified atom stereocenters. The Bertz CT molecular complexity index is 147. The molecule has 0 aliphatic carbocycles. The lowest BCUT2D eigenvalue weighted by atomic mass is 10.1. The average molecular weight is 189 g/mol. The summed E-state index contributed by atoms with van der Waals surface area (Å²) in [6.07, 6.45) is 3.22. The third kappa shape index (κ3) is 2.77. The molecule has 0 spiro atoms. The summed E-state index contributed by atoms with van der Waals surface area (Å²) in [7, 11) is 0. The molecule has 0 aromatic heterocycles. The van der Waals surface area contributed by atoms with Crippen molar-refractivity contribution in [3.05, 3.63) is 11.6 Å². The van der Waals surface area contributed by atoms with Crippen LogP contribution >= 0.6 is 11.6 Å². The fourth-order valence-electron chi connectivity index (χ4n) is 1.62. The molecular weight excluding hydrogens is 172 g/mol. The van der Waals surface area contributed by atoms with Crippen molar-refractivity contribution in [1.29, 1.82) is 0 Å². The Kier molecular flexibility index (Phi) is 4.66. The summed E-state index contributed by atoms with van der Waals surface area (Å²) in [5.41, 5.74) is 1.61. The molecule has 0 saturated carbocycles. The van der Waals surface area contributed by atoms with Crippen molar-refractivity contribution in [3.8, 4) is 0 Å². The molecule has 70 valence electrons. The Morgan fingerprint density at radius 3 is 3.17 bits per heavy atom. The van der Waals surface area contributed by atoms with E-state index in [1.165, 1.54) is 6.42 Å². The van der Waals surface area contributed by atoms with E-state index in [9.17, 15) is 0 Å². The predicted molar refractivity (Wildman–Crippen MR) is 53.5 cm³/mol. The third-order valence-electron chi connectivity index (χ3n) is 2.37. The third-order valence-corrected chi connectivity index (χ3v) is 2.55. The number of rotatable bonds is 3. The van der Waals surface area contributed by atoms with E-state index < -0.39 is 0 Å². The molecule has 0 bridgehead atoms. The van der Waals surface area contributed by atoms with Gasteiger partial charge in [0.1, 0.15) is 0 Å². The van der Waals surface area contributed by atoms with Gasteiger partial charge in [0.2, 0.25) is 0 Å². The van der Waals surface area contributed by atoms with Crippen molar-refractivity contribution in [2.75, 3.05) is 26.2 Å². The number of hydrogen-bond acceptors (Lipinski definition) is 2. The summed E-state index contributed by atoms with van der Waals surface area (Å²) < 4.78 is 0. The highest BCUT2D eigenvalue weighted by Gasteiger charge is 2.18. The number of nitrogens with zero attached hydrogens (tertiary/aromatic N) is 1. The molecule has 0 aromatic carbocycles. The Morgan fingerprint density at radius 1 is 1.67 bits per heavy atom. The molecule has 1 fully saturated rings. The van der Waals surface area contributed by atoms with E-state index in [0.29, 0.717) is 6.04 Å². The molecule has 1 rings (SSSR count). The van der Waals surface area contributed by atoms with Crippen LogP contribution in [0.2, 0.25) is 0 Å². The summed E-state index contributed by atoms with van der Waals surface area (Å²) in [5.74, 6) is 0. The second-order valence-corrected chi connectivity index (χ2v) is 3.37. The standard InChI is InChI=1S/C9H17ClN2/c1-2-9-8-11-5-7-12(9)6-3-4-10/h3-4,9,11H,2,5-8H2,1H3/b4-3+. The quantitative estimate of drug-likeness (QED) is 0.721. The van der Waals surface area contributed by atoms with E-state index in [0.717, 1.165) is 26.2 Å². The highest BCUT2D eigenvalue weighted by molar-refractivity contribution is 6.25. The van der Waals surface area contributed by atoms with Gasteiger partial charge in [-0.1, -0.05) is 24.6 Å². The Balaban J connectivity index is 2.36. The van der Waals surface area contributed by atoms with Gasteiger partial charge in [0.25, 0.3) is 0 Å². The van der Waals surface area contributed by atoms with Gasteiger partial charge in [-0.3, -0.25) is 4.90 Å². The van der Waals surface area contributed by atoms with Crippen LogP contribution in [0.1, 0.15) is 13.3 Å². The zero-order chi connectivity index (χ0) is 8.81. The van der Waals surface area contributed by atoms with E-state index >= 15 is 0 Å². The van der Waals surface area contributed by atoms with Crippen LogP contribution in [0.5, 0.6) is 0 Å². The minimum atomic E-state index is 0.687. The zero-order valence-corrected chi connectivity index (χ0v) is 8.35. The van der Waals surface area contributed by atoms with Crippen LogP contribution in [-0.4, -0.2) is 37.1 Å². The lowest BCUT2D eigenvalue weighted by Crippen LogP contribution is -2.50. The molecule has 2 nitrogen and oxygen atoms in total. The van der Waals surface area contributed by atoms with E-state index in [1.807, 2.05) is 6.08 Å². The van der Waals surface area contributed by atoms with E-state index in [1.54, 1.807) is 5.54 Å². The van der Waals surface area contributed by atoms with Gasteiger partial charge in [0, 0.05) is 37.8 Å². The Labute approximate surface area is 79.6 Å². The molecule has 1 aliphatic heterocycles. The van der Waals surface area contributed by atoms with Gasteiger partial charge in [0.15, 0.2) is 0 Å². The number of nitrogens with one attached hydrogen (secondary N) is 1. The first-order chi connectivity index (χ1) is 5.88. The smallest absolute Gasteiger partial charge is 0.0221 e. The first-order valence-electron chi connectivity index (χ1n) is 4.58. The number of halogens is 1. The van der Waals surface area contributed by atoms with Crippen molar-refractivity contribution in [3.63, 3.8) is 0 Å². The van der Waals surface area contributed by atoms with Crippen LogP contribution in [0.3, 0.4) is 0 Å².